The lowest BCUT2D eigenvalue weighted by Crippen LogP contribution is -2.36. The zero-order chi connectivity index (χ0) is 10.9. The summed E-state index contributed by atoms with van der Waals surface area (Å²) in [5.41, 5.74) is 1.58. The first-order valence-corrected chi connectivity index (χ1v) is 5.52. The monoisotopic (exact) mass is 205 g/mol. The summed E-state index contributed by atoms with van der Waals surface area (Å²) in [6.45, 7) is 5.64. The van der Waals surface area contributed by atoms with Crippen molar-refractivity contribution in [1.29, 1.82) is 0 Å². The molecule has 2 rings (SSSR count). The molecule has 1 atom stereocenters. The Morgan fingerprint density at radius 2 is 2.20 bits per heavy atom. The number of hydrogen-bond acceptors (Lipinski definition) is 2. The van der Waals surface area contributed by atoms with E-state index in [4.69, 9.17) is 4.74 Å². The number of ether oxygens (including phenoxy) is 1. The van der Waals surface area contributed by atoms with Gasteiger partial charge < -0.3 is 10.1 Å². The second-order valence-corrected chi connectivity index (χ2v) is 4.77. The quantitative estimate of drug-likeness (QED) is 0.801. The van der Waals surface area contributed by atoms with E-state index >= 15 is 0 Å². The molecule has 1 N–H and O–H groups in total. The fourth-order valence-electron chi connectivity index (χ4n) is 2.46. The molecule has 82 valence electrons. The molecule has 0 unspecified atom stereocenters. The Hall–Kier alpha value is -1.02. The maximum Gasteiger partial charge on any atom is 0.119 e. The summed E-state index contributed by atoms with van der Waals surface area (Å²) in [5.74, 6) is 1.54. The largest absolute Gasteiger partial charge is 0.497 e. The highest BCUT2D eigenvalue weighted by molar-refractivity contribution is 5.33. The minimum Gasteiger partial charge on any atom is -0.497 e. The Kier molecular flexibility index (Phi) is 2.70. The van der Waals surface area contributed by atoms with E-state index in [-0.39, 0.29) is 5.54 Å². The van der Waals surface area contributed by atoms with Gasteiger partial charge >= 0.3 is 0 Å². The summed E-state index contributed by atoms with van der Waals surface area (Å²) in [6.07, 6.45) is 1.21. The summed E-state index contributed by atoms with van der Waals surface area (Å²) in [5, 5.41) is 3.54. The predicted molar refractivity (Wildman–Crippen MR) is 62.4 cm³/mol. The van der Waals surface area contributed by atoms with Gasteiger partial charge in [0.15, 0.2) is 0 Å². The van der Waals surface area contributed by atoms with E-state index in [1.54, 1.807) is 7.11 Å². The van der Waals surface area contributed by atoms with Gasteiger partial charge in [-0.05, 0) is 44.5 Å². The van der Waals surface area contributed by atoms with Crippen LogP contribution in [0.25, 0.3) is 0 Å². The summed E-state index contributed by atoms with van der Waals surface area (Å²) in [4.78, 5) is 0. The lowest BCUT2D eigenvalue weighted by molar-refractivity contribution is 0.401. The molecule has 0 amide bonds. The van der Waals surface area contributed by atoms with E-state index in [0.29, 0.717) is 5.92 Å². The Morgan fingerprint density at radius 1 is 1.40 bits per heavy atom. The number of rotatable bonds is 2. The van der Waals surface area contributed by atoms with Crippen LogP contribution in [-0.2, 0) is 0 Å². The topological polar surface area (TPSA) is 21.3 Å². The number of methoxy groups -OCH3 is 1. The lowest BCUT2D eigenvalue weighted by atomic mass is 9.83. The first kappa shape index (κ1) is 10.5. The average Bonchev–Trinajstić information content (AvgIpc) is 2.58. The van der Waals surface area contributed by atoms with Crippen LogP contribution < -0.4 is 10.1 Å². The molecule has 2 nitrogen and oxygen atoms in total. The van der Waals surface area contributed by atoms with Crippen molar-refractivity contribution < 1.29 is 4.74 Å². The van der Waals surface area contributed by atoms with Gasteiger partial charge in [-0.3, -0.25) is 0 Å². The Labute approximate surface area is 91.6 Å². The molecule has 2 heteroatoms. The van der Waals surface area contributed by atoms with Crippen LogP contribution in [0.15, 0.2) is 24.3 Å². The second-order valence-electron chi connectivity index (χ2n) is 4.77. The standard InChI is InChI=1S/C13H19NO/c1-13(2)12(7-8-14-13)10-5-4-6-11(9-10)15-3/h4-6,9,12,14H,7-8H2,1-3H3/t12-/m1/s1. The third-order valence-corrected chi connectivity index (χ3v) is 3.38. The SMILES string of the molecule is COc1cccc([C@H]2CCNC2(C)C)c1. The zero-order valence-corrected chi connectivity index (χ0v) is 9.71. The van der Waals surface area contributed by atoms with Gasteiger partial charge in [0.2, 0.25) is 0 Å². The maximum atomic E-state index is 5.26. The normalized spacial score (nSPS) is 24.1. The van der Waals surface area contributed by atoms with Crippen molar-refractivity contribution in [3.05, 3.63) is 29.8 Å². The van der Waals surface area contributed by atoms with Crippen LogP contribution in [0, 0.1) is 0 Å². The molecule has 0 aliphatic carbocycles. The van der Waals surface area contributed by atoms with E-state index < -0.39 is 0 Å². The number of nitrogens with one attached hydrogen (secondary N) is 1. The lowest BCUT2D eigenvalue weighted by Gasteiger charge is -2.27. The van der Waals surface area contributed by atoms with E-state index in [2.05, 4.69) is 37.4 Å². The molecule has 0 saturated carbocycles. The van der Waals surface area contributed by atoms with Crippen LogP contribution in [0.2, 0.25) is 0 Å². The molecule has 1 aliphatic rings. The van der Waals surface area contributed by atoms with E-state index in [1.807, 2.05) is 6.07 Å². The molecule has 0 bridgehead atoms. The van der Waals surface area contributed by atoms with E-state index in [1.165, 1.54) is 12.0 Å². The molecule has 1 aromatic carbocycles. The minimum absolute atomic E-state index is 0.201. The fraction of sp³-hybridized carbons (Fsp3) is 0.538. The number of hydrogen-bond donors (Lipinski definition) is 1. The number of benzene rings is 1. The van der Waals surface area contributed by atoms with Crippen LogP contribution in [0.5, 0.6) is 5.75 Å². The highest BCUT2D eigenvalue weighted by Crippen LogP contribution is 2.36. The molecule has 0 spiro atoms. The third kappa shape index (κ3) is 2.00. The molecule has 0 radical (unpaired) electrons. The Bertz CT molecular complexity index is 346. The van der Waals surface area contributed by atoms with E-state index in [0.717, 1.165) is 12.3 Å². The highest BCUT2D eigenvalue weighted by atomic mass is 16.5. The van der Waals surface area contributed by atoms with Gasteiger partial charge in [0.1, 0.15) is 5.75 Å². The van der Waals surface area contributed by atoms with Gasteiger partial charge in [-0.25, -0.2) is 0 Å². The molecule has 0 aromatic heterocycles. The van der Waals surface area contributed by atoms with Crippen LogP contribution in [0.4, 0.5) is 0 Å². The summed E-state index contributed by atoms with van der Waals surface area (Å²) in [6, 6.07) is 8.42. The minimum atomic E-state index is 0.201. The fourth-order valence-corrected chi connectivity index (χ4v) is 2.46. The van der Waals surface area contributed by atoms with Crippen molar-refractivity contribution >= 4 is 0 Å². The van der Waals surface area contributed by atoms with Gasteiger partial charge in [-0.15, -0.1) is 0 Å². The summed E-state index contributed by atoms with van der Waals surface area (Å²) < 4.78 is 5.26. The summed E-state index contributed by atoms with van der Waals surface area (Å²) in [7, 11) is 1.72. The smallest absolute Gasteiger partial charge is 0.119 e. The van der Waals surface area contributed by atoms with Crippen molar-refractivity contribution in [2.45, 2.75) is 31.7 Å². The Balaban J connectivity index is 2.29. The van der Waals surface area contributed by atoms with Gasteiger partial charge in [0.05, 0.1) is 7.11 Å². The van der Waals surface area contributed by atoms with Gasteiger partial charge in [-0.2, -0.15) is 0 Å². The Morgan fingerprint density at radius 3 is 2.80 bits per heavy atom. The van der Waals surface area contributed by atoms with Crippen molar-refractivity contribution in [2.24, 2.45) is 0 Å². The zero-order valence-electron chi connectivity index (χ0n) is 9.71. The molecule has 1 aliphatic heterocycles. The van der Waals surface area contributed by atoms with Crippen LogP contribution >= 0.6 is 0 Å². The van der Waals surface area contributed by atoms with Crippen molar-refractivity contribution in [3.8, 4) is 5.75 Å². The van der Waals surface area contributed by atoms with Crippen LogP contribution in [0.3, 0.4) is 0 Å². The van der Waals surface area contributed by atoms with Gasteiger partial charge in [0.25, 0.3) is 0 Å². The van der Waals surface area contributed by atoms with Crippen LogP contribution in [-0.4, -0.2) is 19.2 Å². The summed E-state index contributed by atoms with van der Waals surface area (Å²) >= 11 is 0. The molecule has 1 saturated heterocycles. The molecule has 1 fully saturated rings. The van der Waals surface area contributed by atoms with Crippen molar-refractivity contribution in [1.82, 2.24) is 5.32 Å². The van der Waals surface area contributed by atoms with Gasteiger partial charge in [0, 0.05) is 11.5 Å². The average molecular weight is 205 g/mol. The predicted octanol–water partition coefficient (Wildman–Crippen LogP) is 2.55. The van der Waals surface area contributed by atoms with Crippen molar-refractivity contribution in [3.63, 3.8) is 0 Å². The first-order chi connectivity index (χ1) is 7.13. The molecular formula is C13H19NO. The maximum absolute atomic E-state index is 5.26. The molecule has 1 aromatic rings. The molecule has 1 heterocycles. The van der Waals surface area contributed by atoms with Gasteiger partial charge in [-0.1, -0.05) is 12.1 Å². The third-order valence-electron chi connectivity index (χ3n) is 3.38. The van der Waals surface area contributed by atoms with Crippen molar-refractivity contribution in [2.75, 3.05) is 13.7 Å². The highest BCUT2D eigenvalue weighted by Gasteiger charge is 2.34. The first-order valence-electron chi connectivity index (χ1n) is 5.52. The molecule has 15 heavy (non-hydrogen) atoms. The van der Waals surface area contributed by atoms with Crippen LogP contribution in [0.1, 0.15) is 31.7 Å². The van der Waals surface area contributed by atoms with E-state index in [9.17, 15) is 0 Å². The molecular weight excluding hydrogens is 186 g/mol. The second kappa shape index (κ2) is 3.86.